The largest absolute Gasteiger partial charge is 0.0616 e. The first-order valence-corrected chi connectivity index (χ1v) is 18.1. The lowest BCUT2D eigenvalue weighted by Crippen LogP contribution is -1.94. The van der Waals surface area contributed by atoms with E-state index in [0.717, 1.165) is 0 Å². The maximum Gasteiger partial charge on any atom is -0.00199 e. The van der Waals surface area contributed by atoms with Gasteiger partial charge in [-0.15, -0.1) is 0 Å². The maximum atomic E-state index is 2.49. The van der Waals surface area contributed by atoms with Crippen LogP contribution in [-0.4, -0.2) is 0 Å². The molecule has 0 fully saturated rings. The predicted molar refractivity (Wildman–Crippen MR) is 225 cm³/mol. The zero-order valence-electron chi connectivity index (χ0n) is 28.5. The number of hydrogen-bond donors (Lipinski definition) is 0. The van der Waals surface area contributed by atoms with Crippen molar-refractivity contribution in [3.8, 4) is 33.4 Å². The normalized spacial score (nSPS) is 11.8. The Balaban J connectivity index is 1.30. The number of fused-ring (bicyclic) bond motifs is 11. The predicted octanol–water partition coefficient (Wildman–Crippen LogP) is 14.8. The first-order valence-electron chi connectivity index (χ1n) is 18.1. The maximum absolute atomic E-state index is 2.49. The minimum absolute atomic E-state index is 1.25. The first kappa shape index (κ1) is 29.0. The summed E-state index contributed by atoms with van der Waals surface area (Å²) in [5.74, 6) is 0. The Morgan fingerprint density at radius 2 is 0.558 bits per heavy atom. The van der Waals surface area contributed by atoms with Crippen LogP contribution in [-0.2, 0) is 0 Å². The fourth-order valence-corrected chi connectivity index (χ4v) is 9.08. The van der Waals surface area contributed by atoms with Crippen LogP contribution in [0.3, 0.4) is 0 Å². The van der Waals surface area contributed by atoms with E-state index in [1.807, 2.05) is 0 Å². The molecule has 0 bridgehead atoms. The summed E-state index contributed by atoms with van der Waals surface area (Å²) >= 11 is 0. The molecule has 0 spiro atoms. The van der Waals surface area contributed by atoms with E-state index in [0.29, 0.717) is 0 Å². The summed E-state index contributed by atoms with van der Waals surface area (Å²) in [5, 5.41) is 17.9. The van der Waals surface area contributed by atoms with Crippen LogP contribution < -0.4 is 0 Å². The Morgan fingerprint density at radius 1 is 0.192 bits per heavy atom. The molecule has 0 aliphatic carbocycles. The molecule has 0 saturated heterocycles. The van der Waals surface area contributed by atoms with E-state index in [1.165, 1.54) is 109 Å². The van der Waals surface area contributed by atoms with Gasteiger partial charge >= 0.3 is 0 Å². The van der Waals surface area contributed by atoms with E-state index < -0.39 is 0 Å². The van der Waals surface area contributed by atoms with E-state index >= 15 is 0 Å². The zero-order chi connectivity index (χ0) is 34.2. The minimum Gasteiger partial charge on any atom is -0.0616 e. The van der Waals surface area contributed by atoms with Crippen LogP contribution in [0.4, 0.5) is 0 Å². The summed E-state index contributed by atoms with van der Waals surface area (Å²) in [6.45, 7) is 0. The lowest BCUT2D eigenvalue weighted by atomic mass is 9.81. The Bertz CT molecular complexity index is 3170. The third kappa shape index (κ3) is 4.16. The molecule has 0 aromatic heterocycles. The summed E-state index contributed by atoms with van der Waals surface area (Å²) in [5.41, 5.74) is 7.58. The fourth-order valence-electron chi connectivity index (χ4n) is 9.08. The SMILES string of the molecule is c1ccc(-c2c3ccccc3c(-c3cc4c5ccccc5c5ccccc5c4c4ccccc34)c3ccccc23)c(-c2cccc3ccccc23)c1. The average Bonchev–Trinajstić information content (AvgIpc) is 3.22. The lowest BCUT2D eigenvalue weighted by Gasteiger charge is -2.22. The van der Waals surface area contributed by atoms with Gasteiger partial charge in [0.2, 0.25) is 0 Å². The van der Waals surface area contributed by atoms with Crippen molar-refractivity contribution in [3.63, 3.8) is 0 Å². The van der Waals surface area contributed by atoms with Crippen molar-refractivity contribution in [1.29, 1.82) is 0 Å². The van der Waals surface area contributed by atoms with Gasteiger partial charge in [0.25, 0.3) is 0 Å². The van der Waals surface area contributed by atoms with Crippen LogP contribution in [0.25, 0.3) is 109 Å². The molecule has 11 rings (SSSR count). The van der Waals surface area contributed by atoms with Gasteiger partial charge in [-0.05, 0) is 115 Å². The quantitative estimate of drug-likeness (QED) is 0.131. The summed E-state index contributed by atoms with van der Waals surface area (Å²) in [6.07, 6.45) is 0. The van der Waals surface area contributed by atoms with Gasteiger partial charge in [0.1, 0.15) is 0 Å². The smallest absolute Gasteiger partial charge is 0.00199 e. The van der Waals surface area contributed by atoms with E-state index in [4.69, 9.17) is 0 Å². The van der Waals surface area contributed by atoms with Crippen molar-refractivity contribution >= 4 is 75.4 Å². The molecule has 0 N–H and O–H groups in total. The molecule has 0 unspecified atom stereocenters. The lowest BCUT2D eigenvalue weighted by molar-refractivity contribution is 1.63. The zero-order valence-corrected chi connectivity index (χ0v) is 28.5. The molecule has 0 heterocycles. The standard InChI is InChI=1S/C52H32/c1-2-18-34-33(16-1)17-15-31-35(34)37-20-5-8-24-41(37)50-44-27-11-13-29-46(44)52(47-30-14-12-28-45(47)50)49-32-48-39-22-4-3-19-36(39)38-21-6-9-25-42(38)51(48)43-26-10-7-23-40(43)49/h1-32H. The molecular formula is C52H32. The summed E-state index contributed by atoms with van der Waals surface area (Å²) in [6, 6.07) is 71.8. The third-order valence-corrected chi connectivity index (χ3v) is 11.2. The van der Waals surface area contributed by atoms with Crippen molar-refractivity contribution in [3.05, 3.63) is 194 Å². The summed E-state index contributed by atoms with van der Waals surface area (Å²) in [4.78, 5) is 0. The van der Waals surface area contributed by atoms with Gasteiger partial charge in [0.05, 0.1) is 0 Å². The molecule has 0 radical (unpaired) electrons. The van der Waals surface area contributed by atoms with Gasteiger partial charge in [-0.1, -0.05) is 188 Å². The highest BCUT2D eigenvalue weighted by molar-refractivity contribution is 6.34. The highest BCUT2D eigenvalue weighted by Crippen LogP contribution is 2.50. The first-order chi connectivity index (χ1) is 25.8. The van der Waals surface area contributed by atoms with Crippen molar-refractivity contribution < 1.29 is 0 Å². The number of rotatable bonds is 3. The van der Waals surface area contributed by atoms with E-state index in [9.17, 15) is 0 Å². The minimum atomic E-state index is 1.25. The fraction of sp³-hybridized carbons (Fsp3) is 0. The van der Waals surface area contributed by atoms with Crippen LogP contribution in [0.1, 0.15) is 0 Å². The van der Waals surface area contributed by atoms with Crippen molar-refractivity contribution in [1.82, 2.24) is 0 Å². The molecule has 52 heavy (non-hydrogen) atoms. The average molecular weight is 657 g/mol. The number of benzene rings is 11. The molecule has 11 aromatic carbocycles. The van der Waals surface area contributed by atoms with Gasteiger partial charge in [-0.2, -0.15) is 0 Å². The second-order valence-corrected chi connectivity index (χ2v) is 13.9. The molecule has 0 atom stereocenters. The Kier molecular flexibility index (Phi) is 6.35. The van der Waals surface area contributed by atoms with Crippen molar-refractivity contribution in [2.45, 2.75) is 0 Å². The molecule has 0 saturated carbocycles. The summed E-state index contributed by atoms with van der Waals surface area (Å²) < 4.78 is 0. The molecule has 11 aromatic rings. The molecule has 0 heteroatoms. The highest BCUT2D eigenvalue weighted by Gasteiger charge is 2.22. The second-order valence-electron chi connectivity index (χ2n) is 13.9. The van der Waals surface area contributed by atoms with E-state index in [-0.39, 0.29) is 0 Å². The van der Waals surface area contributed by atoms with Crippen LogP contribution in [0.15, 0.2) is 194 Å². The van der Waals surface area contributed by atoms with Gasteiger partial charge in [-0.25, -0.2) is 0 Å². The molecule has 0 amide bonds. The Labute approximate surface area is 301 Å². The molecule has 240 valence electrons. The van der Waals surface area contributed by atoms with Gasteiger partial charge in [0.15, 0.2) is 0 Å². The highest BCUT2D eigenvalue weighted by atomic mass is 14.2. The van der Waals surface area contributed by atoms with Crippen LogP contribution in [0.5, 0.6) is 0 Å². The van der Waals surface area contributed by atoms with Gasteiger partial charge < -0.3 is 0 Å². The molecule has 0 aliphatic heterocycles. The monoisotopic (exact) mass is 656 g/mol. The number of hydrogen-bond acceptors (Lipinski definition) is 0. The van der Waals surface area contributed by atoms with E-state index in [1.54, 1.807) is 0 Å². The van der Waals surface area contributed by atoms with Crippen LogP contribution in [0.2, 0.25) is 0 Å². The van der Waals surface area contributed by atoms with Gasteiger partial charge in [-0.3, -0.25) is 0 Å². The van der Waals surface area contributed by atoms with Crippen LogP contribution in [0, 0.1) is 0 Å². The molecule has 0 aliphatic rings. The Morgan fingerprint density at radius 3 is 1.17 bits per heavy atom. The van der Waals surface area contributed by atoms with Crippen molar-refractivity contribution in [2.24, 2.45) is 0 Å². The van der Waals surface area contributed by atoms with Gasteiger partial charge in [0, 0.05) is 0 Å². The summed E-state index contributed by atoms with van der Waals surface area (Å²) in [7, 11) is 0. The Hall–Kier alpha value is -6.76. The second kappa shape index (κ2) is 11.4. The molecule has 0 nitrogen and oxygen atoms in total. The topological polar surface area (TPSA) is 0 Å². The third-order valence-electron chi connectivity index (χ3n) is 11.2. The van der Waals surface area contributed by atoms with Crippen molar-refractivity contribution in [2.75, 3.05) is 0 Å². The molecular weight excluding hydrogens is 625 g/mol. The van der Waals surface area contributed by atoms with E-state index in [2.05, 4.69) is 194 Å². The van der Waals surface area contributed by atoms with Crippen LogP contribution >= 0.6 is 0 Å².